The second-order valence-corrected chi connectivity index (χ2v) is 15.5. The van der Waals surface area contributed by atoms with Crippen molar-refractivity contribution >= 4 is 38.5 Å². The molecule has 0 amide bonds. The summed E-state index contributed by atoms with van der Waals surface area (Å²) in [6.07, 6.45) is 6.62. The Morgan fingerprint density at radius 2 is 1.46 bits per heavy atom. The molecule has 0 saturated carbocycles. The first-order valence-corrected chi connectivity index (χ1v) is 18.4. The Labute approximate surface area is 323 Å². The van der Waals surface area contributed by atoms with Crippen LogP contribution in [0.1, 0.15) is 105 Å². The summed E-state index contributed by atoms with van der Waals surface area (Å²) in [6.45, 7) is 22.9. The van der Waals surface area contributed by atoms with Gasteiger partial charge < -0.3 is 13.9 Å². The maximum Gasteiger partial charge on any atom is 0.164 e. The number of aromatic nitrogens is 1. The van der Waals surface area contributed by atoms with Crippen molar-refractivity contribution in [1.82, 2.24) is 4.98 Å². The molecule has 3 aromatic heterocycles. The van der Waals surface area contributed by atoms with Crippen molar-refractivity contribution in [3.05, 3.63) is 102 Å². The van der Waals surface area contributed by atoms with Crippen molar-refractivity contribution in [2.45, 2.75) is 107 Å². The zero-order valence-corrected chi connectivity index (χ0v) is 35.1. The monoisotopic (exact) mass is 877 g/mol. The number of pyridine rings is 1. The Morgan fingerprint density at radius 3 is 2.10 bits per heavy atom. The van der Waals surface area contributed by atoms with Gasteiger partial charge in [0, 0.05) is 70.8 Å². The van der Waals surface area contributed by atoms with Crippen LogP contribution >= 0.6 is 0 Å². The summed E-state index contributed by atoms with van der Waals surface area (Å²) in [5, 5.41) is 14.6. The minimum absolute atomic E-state index is 0. The Hall–Kier alpha value is -3.99. The van der Waals surface area contributed by atoms with Gasteiger partial charge in [0.25, 0.3) is 0 Å². The third-order valence-electron chi connectivity index (χ3n) is 11.2. The number of ketones is 1. The van der Waals surface area contributed by atoms with E-state index in [0.29, 0.717) is 0 Å². The minimum Gasteiger partial charge on any atom is -0.512 e. The van der Waals surface area contributed by atoms with Gasteiger partial charge in [-0.25, -0.2) is 0 Å². The number of furan rings is 2. The van der Waals surface area contributed by atoms with Crippen LogP contribution in [-0.4, -0.2) is 15.9 Å². The predicted molar refractivity (Wildman–Crippen MR) is 212 cm³/mol. The first kappa shape index (κ1) is 40.8. The number of aliphatic hydroxyl groups is 1. The zero-order chi connectivity index (χ0) is 37.3. The van der Waals surface area contributed by atoms with Crippen LogP contribution in [0.4, 0.5) is 0 Å². The summed E-state index contributed by atoms with van der Waals surface area (Å²) in [4.78, 5) is 17.0. The van der Waals surface area contributed by atoms with Gasteiger partial charge in [0.2, 0.25) is 0 Å². The number of allylic oxidation sites excluding steroid dienone is 2. The molecule has 0 fully saturated rings. The Kier molecular flexibility index (Phi) is 12.5. The van der Waals surface area contributed by atoms with E-state index in [9.17, 15) is 9.90 Å². The van der Waals surface area contributed by atoms with Crippen LogP contribution in [0.5, 0.6) is 0 Å². The van der Waals surface area contributed by atoms with Gasteiger partial charge in [-0.1, -0.05) is 104 Å². The van der Waals surface area contributed by atoms with E-state index in [-0.39, 0.29) is 47.9 Å². The summed E-state index contributed by atoms with van der Waals surface area (Å²) < 4.78 is 12.5. The number of benzene rings is 3. The van der Waals surface area contributed by atoms with E-state index >= 15 is 0 Å². The molecule has 5 nitrogen and oxygen atoms in total. The molecule has 3 aromatic carbocycles. The average Bonchev–Trinajstić information content (AvgIpc) is 3.68. The van der Waals surface area contributed by atoms with Crippen LogP contribution in [0, 0.1) is 30.7 Å². The number of hydrogen-bond acceptors (Lipinski definition) is 5. The first-order valence-electron chi connectivity index (χ1n) is 18.4. The Balaban J connectivity index is 0.000000289. The molecule has 0 atom stereocenters. The average molecular weight is 877 g/mol. The molecule has 0 spiro atoms. The van der Waals surface area contributed by atoms with E-state index in [1.54, 1.807) is 0 Å². The number of carbonyl (C=O) groups excluding carboxylic acids is 1. The summed E-state index contributed by atoms with van der Waals surface area (Å²) >= 11 is 0. The summed E-state index contributed by atoms with van der Waals surface area (Å²) in [5.41, 5.74) is 6.21. The van der Waals surface area contributed by atoms with E-state index in [0.717, 1.165) is 86.9 Å². The van der Waals surface area contributed by atoms with Crippen molar-refractivity contribution in [3.8, 4) is 22.6 Å². The topological polar surface area (TPSA) is 76.5 Å². The minimum atomic E-state index is -0.337. The van der Waals surface area contributed by atoms with Crippen LogP contribution < -0.4 is 0 Å². The third kappa shape index (κ3) is 7.84. The fourth-order valence-electron chi connectivity index (χ4n) is 6.64. The Morgan fingerprint density at radius 1 is 0.808 bits per heavy atom. The van der Waals surface area contributed by atoms with Crippen LogP contribution in [0.2, 0.25) is 0 Å². The number of fused-ring (bicyclic) bond motifs is 3. The van der Waals surface area contributed by atoms with Gasteiger partial charge >= 0.3 is 0 Å². The van der Waals surface area contributed by atoms with E-state index in [1.807, 2.05) is 72.9 Å². The predicted octanol–water partition coefficient (Wildman–Crippen LogP) is 13.4. The van der Waals surface area contributed by atoms with Gasteiger partial charge in [0.1, 0.15) is 28.4 Å². The van der Waals surface area contributed by atoms with Gasteiger partial charge in [-0.05, 0) is 63.1 Å². The number of carbonyl (C=O) groups is 1. The van der Waals surface area contributed by atoms with Crippen molar-refractivity contribution in [2.24, 2.45) is 10.8 Å². The van der Waals surface area contributed by atoms with Crippen molar-refractivity contribution in [2.75, 3.05) is 0 Å². The molecular formula is C46H54IrNO4-. The molecule has 0 aliphatic heterocycles. The summed E-state index contributed by atoms with van der Waals surface area (Å²) in [5.74, 6) is 2.03. The molecule has 1 radical (unpaired) electrons. The molecule has 1 N–H and O–H groups in total. The van der Waals surface area contributed by atoms with Gasteiger partial charge in [-0.3, -0.25) is 9.78 Å². The largest absolute Gasteiger partial charge is 0.512 e. The van der Waals surface area contributed by atoms with Crippen LogP contribution in [0.25, 0.3) is 55.3 Å². The molecule has 6 heteroatoms. The maximum absolute atomic E-state index is 12.2. The number of rotatable bonds is 9. The van der Waals surface area contributed by atoms with E-state index < -0.39 is 0 Å². The van der Waals surface area contributed by atoms with Gasteiger partial charge in [0.15, 0.2) is 5.78 Å². The molecule has 0 unspecified atom stereocenters. The molecule has 52 heavy (non-hydrogen) atoms. The molecule has 6 rings (SSSR count). The second kappa shape index (κ2) is 15.9. The number of nitrogens with zero attached hydrogens (tertiary/aromatic N) is 1. The van der Waals surface area contributed by atoms with E-state index in [4.69, 9.17) is 13.8 Å². The van der Waals surface area contributed by atoms with Crippen LogP contribution in [0.3, 0.4) is 0 Å². The fraction of sp³-hybridized carbons (Fsp3) is 0.391. The van der Waals surface area contributed by atoms with E-state index in [1.165, 1.54) is 17.0 Å². The SMILES string of the molecule is CCC(C)(CC)C(=O)/C=C(\O)C(C)(CC)CC.Cc1cc2c(-c3oc4c(-c5[c-]c6ccccc6c(C(C)(C)C)c5)nccc4c3C)cccc2o1.[Ir]. The zero-order valence-electron chi connectivity index (χ0n) is 32.7. The Bertz CT molecular complexity index is 2220. The number of aryl methyl sites for hydroxylation is 2. The molecule has 277 valence electrons. The molecule has 3 heterocycles. The normalized spacial score (nSPS) is 12.6. The molecular weight excluding hydrogens is 823 g/mol. The molecule has 0 bridgehead atoms. The molecule has 0 saturated heterocycles. The first-order chi connectivity index (χ1) is 24.1. The smallest absolute Gasteiger partial charge is 0.164 e. The maximum atomic E-state index is 12.2. The van der Waals surface area contributed by atoms with Crippen molar-refractivity contribution < 1.29 is 38.8 Å². The van der Waals surface area contributed by atoms with Crippen molar-refractivity contribution in [1.29, 1.82) is 0 Å². The van der Waals surface area contributed by atoms with Gasteiger partial charge in [0.05, 0.1) is 0 Å². The fourth-order valence-corrected chi connectivity index (χ4v) is 6.64. The van der Waals surface area contributed by atoms with Crippen LogP contribution in [-0.2, 0) is 30.3 Å². The van der Waals surface area contributed by atoms with E-state index in [2.05, 4.69) is 76.2 Å². The quantitative estimate of drug-likeness (QED) is 0.0889. The summed E-state index contributed by atoms with van der Waals surface area (Å²) in [6, 6.07) is 24.5. The third-order valence-corrected chi connectivity index (χ3v) is 11.2. The molecule has 0 aliphatic carbocycles. The summed E-state index contributed by atoms with van der Waals surface area (Å²) in [7, 11) is 0. The standard InChI is InChI=1S/C31H26NO2.C15H28O2.Ir/c1-18-15-25-24(11-8-12-27(25)33-18)29-19(2)22-13-14-32-28(30(22)34-29)21-16-20-9-6-7-10-23(20)26(17-21)31(3,4)5;1-7-14(5,8-2)12(16)11-13(17)15(6,9-3)10-4;/h6-15,17H,1-5H3;11,16H,7-10H2,1-6H3;/q-1;;/b;12-11-;. The molecule has 0 aliphatic rings. The number of hydrogen-bond donors (Lipinski definition) is 1. The molecule has 6 aromatic rings. The van der Waals surface area contributed by atoms with Crippen LogP contribution in [0.15, 0.2) is 87.5 Å². The van der Waals surface area contributed by atoms with Gasteiger partial charge in [-0.15, -0.1) is 29.1 Å². The van der Waals surface area contributed by atoms with Gasteiger partial charge in [-0.2, -0.15) is 0 Å². The van der Waals surface area contributed by atoms with Crippen molar-refractivity contribution in [3.63, 3.8) is 0 Å². The number of aliphatic hydroxyl groups excluding tert-OH is 1. The second-order valence-electron chi connectivity index (χ2n) is 15.5.